The maximum absolute atomic E-state index is 4.80. The Balaban J connectivity index is 3.05. The maximum Gasteiger partial charge on any atom is 0.178 e. The standard InChI is InChI=1S/C16H31BrO/c1-3-4-5-6-7-8-9-10-11-12-13-14-16(2)15-18-17/h15H,3-14H2,1-2H3. The molecule has 0 heterocycles. The summed E-state index contributed by atoms with van der Waals surface area (Å²) in [4.78, 5) is 0. The van der Waals surface area contributed by atoms with Crippen LogP contribution in [0.15, 0.2) is 11.8 Å². The van der Waals surface area contributed by atoms with Crippen molar-refractivity contribution in [3.8, 4) is 0 Å². The summed E-state index contributed by atoms with van der Waals surface area (Å²) in [5.41, 5.74) is 1.32. The van der Waals surface area contributed by atoms with E-state index in [-0.39, 0.29) is 0 Å². The van der Waals surface area contributed by atoms with Crippen molar-refractivity contribution in [2.24, 2.45) is 0 Å². The second kappa shape index (κ2) is 15.1. The zero-order chi connectivity index (χ0) is 13.5. The van der Waals surface area contributed by atoms with Gasteiger partial charge in [-0.1, -0.05) is 71.1 Å². The molecule has 0 rings (SSSR count). The Kier molecular flexibility index (Phi) is 15.1. The molecule has 0 aliphatic rings. The van der Waals surface area contributed by atoms with E-state index in [1.54, 1.807) is 6.26 Å². The fourth-order valence-electron chi connectivity index (χ4n) is 2.20. The minimum Gasteiger partial charge on any atom is -0.426 e. The molecule has 0 aromatic rings. The van der Waals surface area contributed by atoms with E-state index in [0.717, 1.165) is 0 Å². The van der Waals surface area contributed by atoms with Crippen molar-refractivity contribution < 1.29 is 3.83 Å². The predicted octanol–water partition coefficient (Wildman–Crippen LogP) is 6.92. The summed E-state index contributed by atoms with van der Waals surface area (Å²) in [6, 6.07) is 0. The molecule has 0 saturated carbocycles. The van der Waals surface area contributed by atoms with E-state index in [4.69, 9.17) is 3.83 Å². The third kappa shape index (κ3) is 14.1. The Morgan fingerprint density at radius 1 is 0.833 bits per heavy atom. The molecule has 0 bridgehead atoms. The fraction of sp³-hybridized carbons (Fsp3) is 0.875. The molecule has 2 heteroatoms. The van der Waals surface area contributed by atoms with Gasteiger partial charge in [0.15, 0.2) is 16.3 Å². The smallest absolute Gasteiger partial charge is 0.178 e. The average Bonchev–Trinajstić information content (AvgIpc) is 2.36. The molecule has 18 heavy (non-hydrogen) atoms. The summed E-state index contributed by atoms with van der Waals surface area (Å²) in [5.74, 6) is 0. The topological polar surface area (TPSA) is 9.23 Å². The minimum atomic E-state index is 1.17. The molecule has 0 amide bonds. The van der Waals surface area contributed by atoms with E-state index in [1.165, 1.54) is 82.6 Å². The molecule has 0 aromatic heterocycles. The third-order valence-electron chi connectivity index (χ3n) is 3.42. The summed E-state index contributed by atoms with van der Waals surface area (Å²) >= 11 is 2.95. The number of halogens is 1. The average molecular weight is 319 g/mol. The molecule has 0 aliphatic heterocycles. The van der Waals surface area contributed by atoms with Crippen molar-refractivity contribution in [2.45, 2.75) is 90.9 Å². The quantitative estimate of drug-likeness (QED) is 0.264. The van der Waals surface area contributed by atoms with Crippen molar-refractivity contribution in [2.75, 3.05) is 0 Å². The lowest BCUT2D eigenvalue weighted by Gasteiger charge is -2.03. The number of unbranched alkanes of at least 4 members (excludes halogenated alkanes) is 10. The minimum absolute atomic E-state index is 1.17. The lowest BCUT2D eigenvalue weighted by molar-refractivity contribution is 0.545. The first-order valence-electron chi connectivity index (χ1n) is 7.74. The van der Waals surface area contributed by atoms with Crippen LogP contribution in [0, 0.1) is 0 Å². The van der Waals surface area contributed by atoms with E-state index < -0.39 is 0 Å². The van der Waals surface area contributed by atoms with Crippen LogP contribution in [0.1, 0.15) is 90.9 Å². The molecule has 0 saturated heterocycles. The molecule has 1 nitrogen and oxygen atoms in total. The molecule has 0 aromatic carbocycles. The summed E-state index contributed by atoms with van der Waals surface area (Å²) in [6.45, 7) is 4.40. The van der Waals surface area contributed by atoms with Crippen molar-refractivity contribution in [1.29, 1.82) is 0 Å². The molecule has 0 fully saturated rings. The van der Waals surface area contributed by atoms with Gasteiger partial charge in [0, 0.05) is 0 Å². The monoisotopic (exact) mass is 318 g/mol. The highest BCUT2D eigenvalue weighted by atomic mass is 79.9. The van der Waals surface area contributed by atoms with Crippen LogP contribution in [0.5, 0.6) is 0 Å². The number of allylic oxidation sites excluding steroid dienone is 1. The van der Waals surface area contributed by atoms with E-state index >= 15 is 0 Å². The SMILES string of the molecule is CCCCCCCCCCCCCC(C)=COBr. The zero-order valence-electron chi connectivity index (χ0n) is 12.3. The Morgan fingerprint density at radius 3 is 1.72 bits per heavy atom. The van der Waals surface area contributed by atoms with Gasteiger partial charge < -0.3 is 3.83 Å². The predicted molar refractivity (Wildman–Crippen MR) is 84.8 cm³/mol. The van der Waals surface area contributed by atoms with Gasteiger partial charge in [0.05, 0.1) is 6.26 Å². The second-order valence-corrected chi connectivity index (χ2v) is 5.71. The van der Waals surface area contributed by atoms with Gasteiger partial charge in [0.25, 0.3) is 0 Å². The van der Waals surface area contributed by atoms with Gasteiger partial charge >= 0.3 is 0 Å². The first-order valence-corrected chi connectivity index (χ1v) is 8.39. The first-order chi connectivity index (χ1) is 8.81. The lowest BCUT2D eigenvalue weighted by Crippen LogP contribution is -1.83. The van der Waals surface area contributed by atoms with Crippen LogP contribution in [0.25, 0.3) is 0 Å². The number of hydrogen-bond donors (Lipinski definition) is 0. The lowest BCUT2D eigenvalue weighted by atomic mass is 10.0. The van der Waals surface area contributed by atoms with Gasteiger partial charge in [-0.15, -0.1) is 0 Å². The molecule has 108 valence electrons. The summed E-state index contributed by atoms with van der Waals surface area (Å²) in [6.07, 6.45) is 18.4. The summed E-state index contributed by atoms with van der Waals surface area (Å²) in [5, 5.41) is 0. The molecule has 0 atom stereocenters. The summed E-state index contributed by atoms with van der Waals surface area (Å²) < 4.78 is 4.80. The van der Waals surface area contributed by atoms with Gasteiger partial charge in [-0.2, -0.15) is 0 Å². The van der Waals surface area contributed by atoms with E-state index in [2.05, 4.69) is 30.1 Å². The second-order valence-electron chi connectivity index (χ2n) is 5.34. The summed E-state index contributed by atoms with van der Waals surface area (Å²) in [7, 11) is 0. The van der Waals surface area contributed by atoms with Crippen LogP contribution in [0.4, 0.5) is 0 Å². The van der Waals surface area contributed by atoms with Crippen LogP contribution < -0.4 is 0 Å². The first kappa shape index (κ1) is 18.0. The fourth-order valence-corrected chi connectivity index (χ4v) is 2.52. The Bertz CT molecular complexity index is 190. The molecule has 0 spiro atoms. The van der Waals surface area contributed by atoms with Gasteiger partial charge in [-0.05, 0) is 25.3 Å². The largest absolute Gasteiger partial charge is 0.426 e. The Hall–Kier alpha value is 0.0200. The van der Waals surface area contributed by atoms with Crippen molar-refractivity contribution in [1.82, 2.24) is 0 Å². The third-order valence-corrected chi connectivity index (χ3v) is 3.61. The highest BCUT2D eigenvalue weighted by Gasteiger charge is 1.94. The van der Waals surface area contributed by atoms with Crippen LogP contribution in [0.2, 0.25) is 0 Å². The van der Waals surface area contributed by atoms with Crippen molar-refractivity contribution in [3.05, 3.63) is 11.8 Å². The zero-order valence-corrected chi connectivity index (χ0v) is 13.9. The van der Waals surface area contributed by atoms with Gasteiger partial charge in [0.2, 0.25) is 0 Å². The van der Waals surface area contributed by atoms with Crippen LogP contribution in [-0.2, 0) is 3.83 Å². The van der Waals surface area contributed by atoms with Gasteiger partial charge in [-0.25, -0.2) is 0 Å². The van der Waals surface area contributed by atoms with Crippen molar-refractivity contribution >= 4 is 16.3 Å². The maximum atomic E-state index is 4.80. The van der Waals surface area contributed by atoms with Crippen molar-refractivity contribution in [3.63, 3.8) is 0 Å². The van der Waals surface area contributed by atoms with Crippen LogP contribution in [-0.4, -0.2) is 0 Å². The van der Waals surface area contributed by atoms with E-state index in [1.807, 2.05) is 0 Å². The molecule has 0 unspecified atom stereocenters. The molecule has 0 aliphatic carbocycles. The van der Waals surface area contributed by atoms with E-state index in [9.17, 15) is 0 Å². The Labute approximate surface area is 123 Å². The number of rotatable bonds is 13. The molecule has 0 N–H and O–H groups in total. The Morgan fingerprint density at radius 2 is 1.28 bits per heavy atom. The normalized spacial score (nSPS) is 11.8. The molecular formula is C16H31BrO. The van der Waals surface area contributed by atoms with Crippen LogP contribution >= 0.6 is 16.3 Å². The molecule has 0 radical (unpaired) electrons. The number of hydrogen-bond acceptors (Lipinski definition) is 1. The van der Waals surface area contributed by atoms with E-state index in [0.29, 0.717) is 0 Å². The van der Waals surface area contributed by atoms with Gasteiger partial charge in [-0.3, -0.25) is 0 Å². The van der Waals surface area contributed by atoms with Gasteiger partial charge in [0.1, 0.15) is 0 Å². The highest BCUT2D eigenvalue weighted by molar-refractivity contribution is 9.06. The highest BCUT2D eigenvalue weighted by Crippen LogP contribution is 2.14. The van der Waals surface area contributed by atoms with Crippen LogP contribution in [0.3, 0.4) is 0 Å². The molecular weight excluding hydrogens is 288 g/mol.